The molecule has 27 heavy (non-hydrogen) atoms. The Morgan fingerprint density at radius 1 is 1.22 bits per heavy atom. The molecule has 1 aromatic rings. The molecular formula is C20H25NO4S2. The number of carbonyl (C=O) groups excluding carboxylic acids is 2. The van der Waals surface area contributed by atoms with Crippen LogP contribution in [0.2, 0.25) is 0 Å². The molecule has 146 valence electrons. The van der Waals surface area contributed by atoms with Crippen LogP contribution in [-0.2, 0) is 14.3 Å². The van der Waals surface area contributed by atoms with Gasteiger partial charge in [0.25, 0.3) is 5.91 Å². The van der Waals surface area contributed by atoms with Crippen LogP contribution < -0.4 is 4.74 Å². The molecular weight excluding hydrogens is 382 g/mol. The summed E-state index contributed by atoms with van der Waals surface area (Å²) < 4.78 is 11.0. The van der Waals surface area contributed by atoms with E-state index in [1.54, 1.807) is 11.8 Å². The molecule has 1 amide bonds. The van der Waals surface area contributed by atoms with Gasteiger partial charge in [0, 0.05) is 13.0 Å². The molecule has 1 saturated heterocycles. The summed E-state index contributed by atoms with van der Waals surface area (Å²) in [5.74, 6) is 0.556. The predicted octanol–water partition coefficient (Wildman–Crippen LogP) is 4.41. The fraction of sp³-hybridized carbons (Fsp3) is 0.450. The lowest BCUT2D eigenvalue weighted by Crippen LogP contribution is -2.29. The number of nitrogens with zero attached hydrogens (tertiary/aromatic N) is 1. The van der Waals surface area contributed by atoms with E-state index in [1.165, 1.54) is 11.8 Å². The van der Waals surface area contributed by atoms with E-state index in [0.29, 0.717) is 35.4 Å². The highest BCUT2D eigenvalue weighted by Gasteiger charge is 2.31. The van der Waals surface area contributed by atoms with E-state index >= 15 is 0 Å². The van der Waals surface area contributed by atoms with Crippen LogP contribution in [0.1, 0.15) is 45.1 Å². The molecule has 2 rings (SSSR count). The maximum atomic E-state index is 12.6. The zero-order valence-electron chi connectivity index (χ0n) is 15.7. The Balaban J connectivity index is 1.87. The SMILES string of the molecule is CCOC(=O)CCCCCN1C(=O)/C(=C\c2cccc(OCC)c2)SC1=S. The third kappa shape index (κ3) is 6.66. The fourth-order valence-corrected chi connectivity index (χ4v) is 3.96. The second-order valence-electron chi connectivity index (χ2n) is 5.95. The van der Waals surface area contributed by atoms with Crippen molar-refractivity contribution in [2.45, 2.75) is 39.5 Å². The number of unbranched alkanes of at least 4 members (excludes halogenated alkanes) is 2. The molecule has 0 saturated carbocycles. The van der Waals surface area contributed by atoms with E-state index in [2.05, 4.69) is 0 Å². The van der Waals surface area contributed by atoms with Crippen LogP contribution in [0.4, 0.5) is 0 Å². The molecule has 1 heterocycles. The standard InChI is InChI=1S/C20H25NO4S2/c1-3-24-16-10-8-9-15(13-16)14-17-19(23)21(20(26)27-17)12-7-5-6-11-18(22)25-4-2/h8-10,13-14H,3-7,11-12H2,1-2H3/b17-14+. The van der Waals surface area contributed by atoms with Crippen molar-refractivity contribution in [2.24, 2.45) is 0 Å². The number of rotatable bonds is 10. The summed E-state index contributed by atoms with van der Waals surface area (Å²) in [4.78, 5) is 26.2. The number of carbonyl (C=O) groups is 2. The molecule has 0 unspecified atom stereocenters. The lowest BCUT2D eigenvalue weighted by atomic mass is 10.2. The second kappa shape index (κ2) is 11.1. The second-order valence-corrected chi connectivity index (χ2v) is 7.63. The first-order chi connectivity index (χ1) is 13.0. The van der Waals surface area contributed by atoms with Gasteiger partial charge in [-0.3, -0.25) is 14.5 Å². The smallest absolute Gasteiger partial charge is 0.305 e. The first-order valence-electron chi connectivity index (χ1n) is 9.19. The Labute approximate surface area is 170 Å². The van der Waals surface area contributed by atoms with Gasteiger partial charge in [0.05, 0.1) is 18.1 Å². The average molecular weight is 408 g/mol. The largest absolute Gasteiger partial charge is 0.494 e. The molecule has 0 aromatic heterocycles. The summed E-state index contributed by atoms with van der Waals surface area (Å²) in [6, 6.07) is 7.64. The minimum Gasteiger partial charge on any atom is -0.494 e. The summed E-state index contributed by atoms with van der Waals surface area (Å²) in [5, 5.41) is 0. The normalized spacial score (nSPS) is 15.5. The number of benzene rings is 1. The van der Waals surface area contributed by atoms with Crippen LogP contribution in [-0.4, -0.2) is 40.9 Å². The highest BCUT2D eigenvalue weighted by Crippen LogP contribution is 2.33. The molecule has 1 aliphatic heterocycles. The van der Waals surface area contributed by atoms with E-state index in [0.717, 1.165) is 30.6 Å². The Morgan fingerprint density at radius 2 is 2.04 bits per heavy atom. The number of ether oxygens (including phenoxy) is 2. The summed E-state index contributed by atoms with van der Waals surface area (Å²) in [7, 11) is 0. The van der Waals surface area contributed by atoms with Gasteiger partial charge in [-0.1, -0.05) is 42.5 Å². The number of thiocarbonyl (C=S) groups is 1. The number of esters is 1. The Morgan fingerprint density at radius 3 is 2.78 bits per heavy atom. The number of hydrogen-bond donors (Lipinski definition) is 0. The molecule has 0 N–H and O–H groups in total. The molecule has 1 aromatic carbocycles. The van der Waals surface area contributed by atoms with Crippen molar-refractivity contribution in [3.63, 3.8) is 0 Å². The number of hydrogen-bond acceptors (Lipinski definition) is 6. The van der Waals surface area contributed by atoms with Crippen LogP contribution in [0.3, 0.4) is 0 Å². The van der Waals surface area contributed by atoms with Crippen molar-refractivity contribution in [1.82, 2.24) is 4.90 Å². The summed E-state index contributed by atoms with van der Waals surface area (Å²) >= 11 is 6.69. The van der Waals surface area contributed by atoms with Crippen LogP contribution in [0.15, 0.2) is 29.2 Å². The minimum atomic E-state index is -0.166. The highest BCUT2D eigenvalue weighted by atomic mass is 32.2. The lowest BCUT2D eigenvalue weighted by molar-refractivity contribution is -0.143. The van der Waals surface area contributed by atoms with Crippen LogP contribution >= 0.6 is 24.0 Å². The molecule has 5 nitrogen and oxygen atoms in total. The van der Waals surface area contributed by atoms with E-state index in [-0.39, 0.29) is 11.9 Å². The van der Waals surface area contributed by atoms with Crippen molar-refractivity contribution in [3.05, 3.63) is 34.7 Å². The number of thioether (sulfide) groups is 1. The van der Waals surface area contributed by atoms with Crippen LogP contribution in [0.25, 0.3) is 6.08 Å². The molecule has 0 atom stereocenters. The minimum absolute atomic E-state index is 0.0581. The van der Waals surface area contributed by atoms with Crippen molar-refractivity contribution in [2.75, 3.05) is 19.8 Å². The van der Waals surface area contributed by atoms with Gasteiger partial charge in [-0.05, 0) is 50.5 Å². The summed E-state index contributed by atoms with van der Waals surface area (Å²) in [5.41, 5.74) is 0.913. The topological polar surface area (TPSA) is 55.8 Å². The monoisotopic (exact) mass is 407 g/mol. The number of amides is 1. The van der Waals surface area contributed by atoms with Crippen molar-refractivity contribution >= 4 is 46.3 Å². The first-order valence-corrected chi connectivity index (χ1v) is 10.4. The third-order valence-electron chi connectivity index (χ3n) is 3.91. The molecule has 0 spiro atoms. The van der Waals surface area contributed by atoms with E-state index < -0.39 is 0 Å². The molecule has 1 aliphatic rings. The average Bonchev–Trinajstić information content (AvgIpc) is 2.89. The maximum Gasteiger partial charge on any atom is 0.305 e. The van der Waals surface area contributed by atoms with Crippen molar-refractivity contribution < 1.29 is 19.1 Å². The highest BCUT2D eigenvalue weighted by molar-refractivity contribution is 8.26. The van der Waals surface area contributed by atoms with Gasteiger partial charge >= 0.3 is 5.97 Å². The van der Waals surface area contributed by atoms with E-state index in [1.807, 2.05) is 37.3 Å². The maximum absolute atomic E-state index is 12.6. The van der Waals surface area contributed by atoms with Gasteiger partial charge in [-0.15, -0.1) is 0 Å². The summed E-state index contributed by atoms with van der Waals surface area (Å²) in [6.45, 7) is 5.32. The Hall–Kier alpha value is -1.86. The van der Waals surface area contributed by atoms with E-state index in [9.17, 15) is 9.59 Å². The fourth-order valence-electron chi connectivity index (χ4n) is 2.65. The quantitative estimate of drug-likeness (QED) is 0.248. The van der Waals surface area contributed by atoms with Gasteiger partial charge in [-0.2, -0.15) is 0 Å². The molecule has 0 bridgehead atoms. The predicted molar refractivity (Wildman–Crippen MR) is 113 cm³/mol. The van der Waals surface area contributed by atoms with Gasteiger partial charge in [0.15, 0.2) is 0 Å². The third-order valence-corrected chi connectivity index (χ3v) is 5.29. The van der Waals surface area contributed by atoms with Gasteiger partial charge < -0.3 is 9.47 Å². The molecule has 7 heteroatoms. The van der Waals surface area contributed by atoms with Crippen molar-refractivity contribution in [3.8, 4) is 5.75 Å². The Kier molecular flexibility index (Phi) is 8.81. The van der Waals surface area contributed by atoms with Gasteiger partial charge in [-0.25, -0.2) is 0 Å². The van der Waals surface area contributed by atoms with E-state index in [4.69, 9.17) is 21.7 Å². The zero-order valence-corrected chi connectivity index (χ0v) is 17.4. The van der Waals surface area contributed by atoms with Gasteiger partial charge in [0.1, 0.15) is 10.1 Å². The molecule has 0 aliphatic carbocycles. The van der Waals surface area contributed by atoms with Gasteiger partial charge in [0.2, 0.25) is 0 Å². The molecule has 1 fully saturated rings. The summed E-state index contributed by atoms with van der Waals surface area (Å²) in [6.07, 6.45) is 4.68. The van der Waals surface area contributed by atoms with Crippen molar-refractivity contribution in [1.29, 1.82) is 0 Å². The van der Waals surface area contributed by atoms with Crippen LogP contribution in [0, 0.1) is 0 Å². The molecule has 0 radical (unpaired) electrons. The zero-order chi connectivity index (χ0) is 19.6. The van der Waals surface area contributed by atoms with Crippen LogP contribution in [0.5, 0.6) is 5.75 Å². The first kappa shape index (κ1) is 21.4. The Bertz CT molecular complexity index is 718. The lowest BCUT2D eigenvalue weighted by Gasteiger charge is -2.13.